The van der Waals surface area contributed by atoms with Crippen LogP contribution < -0.4 is 4.90 Å². The molecule has 0 atom stereocenters. The van der Waals surface area contributed by atoms with Gasteiger partial charge in [-0.3, -0.25) is 15.0 Å². The lowest BCUT2D eigenvalue weighted by atomic mass is 10.2. The minimum absolute atomic E-state index is 0.125. The summed E-state index contributed by atoms with van der Waals surface area (Å²) in [6.45, 7) is 5.21. The Bertz CT molecular complexity index is 511. The van der Waals surface area contributed by atoms with E-state index in [0.29, 0.717) is 0 Å². The Hall–Kier alpha value is -1.38. The summed E-state index contributed by atoms with van der Waals surface area (Å²) in [4.78, 5) is 23.5. The van der Waals surface area contributed by atoms with Crippen LogP contribution in [-0.2, 0) is 4.74 Å². The molecule has 0 aliphatic carbocycles. The number of hydrogen-bond donors (Lipinski definition) is 0. The summed E-state index contributed by atoms with van der Waals surface area (Å²) in [7, 11) is 1.45. The number of benzene rings is 1. The molecule has 1 aromatic carbocycles. The van der Waals surface area contributed by atoms with E-state index in [4.69, 9.17) is 4.74 Å². The number of nitro groups is 1. The maximum Gasteiger partial charge on any atom is 0.414 e. The molecule has 0 spiro atoms. The summed E-state index contributed by atoms with van der Waals surface area (Å²) >= 11 is 1.98. The van der Waals surface area contributed by atoms with Gasteiger partial charge < -0.3 is 4.74 Å². The van der Waals surface area contributed by atoms with Crippen molar-refractivity contribution in [3.05, 3.63) is 31.9 Å². The van der Waals surface area contributed by atoms with Gasteiger partial charge in [-0.05, 0) is 55.5 Å². The summed E-state index contributed by atoms with van der Waals surface area (Å²) in [5, 5.41) is 11.0. The molecule has 1 aromatic rings. The number of amides is 1. The summed E-state index contributed by atoms with van der Waals surface area (Å²) in [6.07, 6.45) is -0.628. The topological polar surface area (TPSA) is 72.7 Å². The van der Waals surface area contributed by atoms with E-state index >= 15 is 0 Å². The summed E-state index contributed by atoms with van der Waals surface area (Å²) in [6, 6.07) is 4.64. The second-order valence-electron chi connectivity index (χ2n) is 4.93. The molecule has 0 aliphatic heterocycles. The number of ether oxygens (including phenoxy) is 1. The molecule has 19 heavy (non-hydrogen) atoms. The highest BCUT2D eigenvalue weighted by molar-refractivity contribution is 14.1. The Morgan fingerprint density at radius 3 is 2.47 bits per heavy atom. The first-order valence-electron chi connectivity index (χ1n) is 5.52. The summed E-state index contributed by atoms with van der Waals surface area (Å²) in [5.74, 6) is 0. The van der Waals surface area contributed by atoms with E-state index in [1.165, 1.54) is 19.2 Å². The Morgan fingerprint density at radius 2 is 2.00 bits per heavy atom. The first kappa shape index (κ1) is 15.7. The minimum Gasteiger partial charge on any atom is -0.443 e. The maximum absolute atomic E-state index is 11.9. The van der Waals surface area contributed by atoms with Crippen LogP contribution in [0.15, 0.2) is 18.2 Å². The Labute approximate surface area is 125 Å². The van der Waals surface area contributed by atoms with Crippen molar-refractivity contribution >= 4 is 40.1 Å². The van der Waals surface area contributed by atoms with Gasteiger partial charge in [0.05, 0.1) is 4.92 Å². The molecule has 0 saturated carbocycles. The number of halogens is 1. The molecule has 0 radical (unpaired) electrons. The van der Waals surface area contributed by atoms with Crippen molar-refractivity contribution in [1.82, 2.24) is 0 Å². The number of anilines is 1. The lowest BCUT2D eigenvalue weighted by molar-refractivity contribution is -0.384. The van der Waals surface area contributed by atoms with Gasteiger partial charge in [-0.15, -0.1) is 0 Å². The van der Waals surface area contributed by atoms with Gasteiger partial charge in [-0.2, -0.15) is 0 Å². The van der Waals surface area contributed by atoms with Crippen LogP contribution in [0.25, 0.3) is 0 Å². The molecular weight excluding hydrogens is 363 g/mol. The fraction of sp³-hybridized carbons (Fsp3) is 0.417. The van der Waals surface area contributed by atoms with Crippen LogP contribution in [0.4, 0.5) is 16.2 Å². The van der Waals surface area contributed by atoms with Gasteiger partial charge in [0.2, 0.25) is 0 Å². The van der Waals surface area contributed by atoms with Gasteiger partial charge in [-0.1, -0.05) is 0 Å². The van der Waals surface area contributed by atoms with Crippen molar-refractivity contribution in [2.24, 2.45) is 0 Å². The quantitative estimate of drug-likeness (QED) is 0.448. The molecule has 104 valence electrons. The van der Waals surface area contributed by atoms with Crippen molar-refractivity contribution in [2.45, 2.75) is 26.4 Å². The predicted molar refractivity (Wildman–Crippen MR) is 80.5 cm³/mol. The van der Waals surface area contributed by atoms with Crippen LogP contribution in [0.1, 0.15) is 20.8 Å². The monoisotopic (exact) mass is 378 g/mol. The van der Waals surface area contributed by atoms with Crippen LogP contribution in [0.3, 0.4) is 0 Å². The van der Waals surface area contributed by atoms with Crippen LogP contribution in [0.2, 0.25) is 0 Å². The number of carbonyl (C=O) groups is 1. The molecule has 7 heteroatoms. The van der Waals surface area contributed by atoms with Gasteiger partial charge in [0.1, 0.15) is 11.3 Å². The lowest BCUT2D eigenvalue weighted by Crippen LogP contribution is -2.34. The Morgan fingerprint density at radius 1 is 1.42 bits per heavy atom. The molecule has 0 saturated heterocycles. The smallest absolute Gasteiger partial charge is 0.414 e. The number of nitro benzene ring substituents is 1. The first-order chi connectivity index (χ1) is 8.61. The zero-order valence-electron chi connectivity index (χ0n) is 11.1. The molecule has 0 aliphatic rings. The first-order valence-corrected chi connectivity index (χ1v) is 6.60. The van der Waals surface area contributed by atoms with Crippen LogP contribution in [0, 0.1) is 13.7 Å². The highest BCUT2D eigenvalue weighted by atomic mass is 127. The Kier molecular flexibility index (Phi) is 4.72. The van der Waals surface area contributed by atoms with Gasteiger partial charge in [0, 0.05) is 16.7 Å². The van der Waals surface area contributed by atoms with E-state index in [9.17, 15) is 14.9 Å². The van der Waals surface area contributed by atoms with Gasteiger partial charge in [-0.25, -0.2) is 4.79 Å². The number of rotatable bonds is 2. The van der Waals surface area contributed by atoms with Gasteiger partial charge in [0.25, 0.3) is 5.69 Å². The average Bonchev–Trinajstić information content (AvgIpc) is 2.25. The maximum atomic E-state index is 11.9. The normalized spacial score (nSPS) is 11.0. The largest absolute Gasteiger partial charge is 0.443 e. The molecule has 0 fully saturated rings. The van der Waals surface area contributed by atoms with Crippen LogP contribution in [0.5, 0.6) is 0 Å². The SMILES string of the molecule is CN(C(=O)OC(C)(C)C)c1ccc(I)cc1[N+](=O)[O-]. The molecule has 0 aromatic heterocycles. The minimum atomic E-state index is -0.649. The van der Waals surface area contributed by atoms with Crippen LogP contribution >= 0.6 is 22.6 Å². The third kappa shape index (κ3) is 4.34. The second-order valence-corrected chi connectivity index (χ2v) is 6.18. The number of carbonyl (C=O) groups excluding carboxylic acids is 1. The average molecular weight is 378 g/mol. The third-order valence-electron chi connectivity index (χ3n) is 2.16. The highest BCUT2D eigenvalue weighted by Crippen LogP contribution is 2.29. The molecule has 0 N–H and O–H groups in total. The Balaban J connectivity index is 3.09. The third-order valence-corrected chi connectivity index (χ3v) is 2.83. The second kappa shape index (κ2) is 5.72. The zero-order valence-corrected chi connectivity index (χ0v) is 13.3. The van der Waals surface area contributed by atoms with Crippen LogP contribution in [-0.4, -0.2) is 23.7 Å². The van der Waals surface area contributed by atoms with Gasteiger partial charge >= 0.3 is 6.09 Å². The molecule has 1 amide bonds. The fourth-order valence-electron chi connectivity index (χ4n) is 1.36. The molecule has 0 unspecified atom stereocenters. The van der Waals surface area contributed by atoms with Crippen molar-refractivity contribution in [3.8, 4) is 0 Å². The van der Waals surface area contributed by atoms with Crippen molar-refractivity contribution < 1.29 is 14.5 Å². The predicted octanol–water partition coefficient (Wildman–Crippen LogP) is 3.57. The van der Waals surface area contributed by atoms with E-state index in [1.54, 1.807) is 26.8 Å². The lowest BCUT2D eigenvalue weighted by Gasteiger charge is -2.24. The molecule has 1 rings (SSSR count). The van der Waals surface area contributed by atoms with E-state index < -0.39 is 16.6 Å². The standard InChI is InChI=1S/C12H15IN2O4/c1-12(2,3)19-11(16)14(4)9-6-5-8(13)7-10(9)15(17)18/h5-7H,1-4H3. The zero-order chi connectivity index (χ0) is 14.8. The summed E-state index contributed by atoms with van der Waals surface area (Å²) < 4.78 is 5.91. The molecule has 6 nitrogen and oxygen atoms in total. The van der Waals surface area contributed by atoms with E-state index in [-0.39, 0.29) is 11.4 Å². The number of hydrogen-bond acceptors (Lipinski definition) is 4. The van der Waals surface area contributed by atoms with E-state index in [2.05, 4.69) is 0 Å². The van der Waals surface area contributed by atoms with Gasteiger partial charge in [0.15, 0.2) is 0 Å². The fourth-order valence-corrected chi connectivity index (χ4v) is 1.83. The summed E-state index contributed by atoms with van der Waals surface area (Å²) in [5.41, 5.74) is -0.566. The van der Waals surface area contributed by atoms with Crippen molar-refractivity contribution in [2.75, 3.05) is 11.9 Å². The molecule has 0 bridgehead atoms. The highest BCUT2D eigenvalue weighted by Gasteiger charge is 2.25. The molecule has 0 heterocycles. The van der Waals surface area contributed by atoms with E-state index in [1.807, 2.05) is 22.6 Å². The van der Waals surface area contributed by atoms with Crippen molar-refractivity contribution in [3.63, 3.8) is 0 Å². The van der Waals surface area contributed by atoms with E-state index in [0.717, 1.165) is 8.47 Å². The number of nitrogens with zero attached hydrogens (tertiary/aromatic N) is 2. The van der Waals surface area contributed by atoms with Crippen molar-refractivity contribution in [1.29, 1.82) is 0 Å². The molecular formula is C12H15IN2O4.